The molecular weight excluding hydrogens is 246 g/mol. The lowest BCUT2D eigenvalue weighted by Gasteiger charge is -2.05. The number of aromatic hydroxyl groups is 1. The molecule has 0 bridgehead atoms. The monoisotopic (exact) mass is 259 g/mol. The van der Waals surface area contributed by atoms with Gasteiger partial charge in [0.2, 0.25) is 5.88 Å². The lowest BCUT2D eigenvalue weighted by atomic mass is 10.1. The number of hydrogen-bond donors (Lipinski definition) is 3. The fourth-order valence-corrected chi connectivity index (χ4v) is 1.61. The van der Waals surface area contributed by atoms with Gasteiger partial charge in [-0.3, -0.25) is 19.8 Å². The fourth-order valence-electron chi connectivity index (χ4n) is 1.61. The summed E-state index contributed by atoms with van der Waals surface area (Å²) >= 11 is 0. The molecule has 1 atom stereocenters. The molecule has 98 valence electrons. The van der Waals surface area contributed by atoms with Gasteiger partial charge in [0.05, 0.1) is 6.04 Å². The third kappa shape index (κ3) is 2.98. The minimum Gasteiger partial charge on any atom is -0.494 e. The molecule has 0 aliphatic carbocycles. The summed E-state index contributed by atoms with van der Waals surface area (Å²) in [7, 11) is 0. The molecule has 0 aliphatic heterocycles. The molecule has 3 N–H and O–H groups in total. The molecule has 1 aromatic carbocycles. The van der Waals surface area contributed by atoms with Crippen LogP contribution in [0.25, 0.3) is 0 Å². The van der Waals surface area contributed by atoms with Crippen LogP contribution in [0.4, 0.5) is 0 Å². The highest BCUT2D eigenvalue weighted by atomic mass is 16.3. The second-order valence-corrected chi connectivity index (χ2v) is 4.04. The molecular formula is C13H13N3O3. The van der Waals surface area contributed by atoms with Gasteiger partial charge < -0.3 is 5.11 Å². The average molecular weight is 259 g/mol. The number of rotatable bonds is 3. The van der Waals surface area contributed by atoms with Crippen LogP contribution < -0.4 is 11.2 Å². The standard InChI is InChI=1S/C13H13N3O3/c1-8(9-5-3-2-4-6-9)14-7-10-11(17)15-13(19)16-12(10)18/h2-8H,1H3,(H3,15,16,17,18,19)/t8-/m0/s1. The highest BCUT2D eigenvalue weighted by Gasteiger charge is 2.07. The summed E-state index contributed by atoms with van der Waals surface area (Å²) in [5.41, 5.74) is -0.512. The summed E-state index contributed by atoms with van der Waals surface area (Å²) in [5, 5.41) is 9.49. The average Bonchev–Trinajstić information content (AvgIpc) is 2.38. The van der Waals surface area contributed by atoms with Crippen LogP contribution >= 0.6 is 0 Å². The minimum absolute atomic E-state index is 0.0672. The highest BCUT2D eigenvalue weighted by molar-refractivity contribution is 5.81. The Balaban J connectivity index is 2.29. The Morgan fingerprint density at radius 2 is 1.89 bits per heavy atom. The van der Waals surface area contributed by atoms with Crippen molar-refractivity contribution in [1.82, 2.24) is 9.97 Å². The summed E-state index contributed by atoms with van der Waals surface area (Å²) in [6.45, 7) is 1.86. The van der Waals surface area contributed by atoms with E-state index in [4.69, 9.17) is 0 Å². The summed E-state index contributed by atoms with van der Waals surface area (Å²) in [4.78, 5) is 30.7. The first kappa shape index (κ1) is 12.8. The Kier molecular flexibility index (Phi) is 3.61. The van der Waals surface area contributed by atoms with Crippen molar-refractivity contribution in [1.29, 1.82) is 0 Å². The van der Waals surface area contributed by atoms with Crippen molar-refractivity contribution >= 4 is 6.21 Å². The van der Waals surface area contributed by atoms with E-state index in [0.29, 0.717) is 0 Å². The Labute approximate surface area is 108 Å². The largest absolute Gasteiger partial charge is 0.494 e. The number of nitrogens with one attached hydrogen (secondary N) is 2. The smallest absolute Gasteiger partial charge is 0.328 e. The molecule has 1 aromatic heterocycles. The lowest BCUT2D eigenvalue weighted by molar-refractivity contribution is 0.447. The zero-order valence-corrected chi connectivity index (χ0v) is 10.3. The second kappa shape index (κ2) is 5.34. The Bertz CT molecular complexity index is 701. The van der Waals surface area contributed by atoms with Crippen LogP contribution in [0.5, 0.6) is 5.88 Å². The van der Waals surface area contributed by atoms with Crippen molar-refractivity contribution in [3.63, 3.8) is 0 Å². The quantitative estimate of drug-likeness (QED) is 0.715. The van der Waals surface area contributed by atoms with Crippen LogP contribution in [0.3, 0.4) is 0 Å². The van der Waals surface area contributed by atoms with Crippen molar-refractivity contribution in [2.24, 2.45) is 4.99 Å². The molecule has 0 aliphatic rings. The SMILES string of the molecule is C[C@H](N=Cc1c(O)[nH]c(=O)[nH]c1=O)c1ccccc1. The van der Waals surface area contributed by atoms with Gasteiger partial charge >= 0.3 is 5.69 Å². The number of aliphatic imine (C=N–C) groups is 1. The van der Waals surface area contributed by atoms with Gasteiger partial charge in [-0.15, -0.1) is 0 Å². The molecule has 6 heteroatoms. The molecule has 19 heavy (non-hydrogen) atoms. The van der Waals surface area contributed by atoms with Gasteiger partial charge in [0.25, 0.3) is 5.56 Å². The van der Waals surface area contributed by atoms with Crippen molar-refractivity contribution in [2.45, 2.75) is 13.0 Å². The first-order valence-electron chi connectivity index (χ1n) is 5.71. The van der Waals surface area contributed by atoms with E-state index < -0.39 is 17.1 Å². The van der Waals surface area contributed by atoms with Crippen molar-refractivity contribution in [3.8, 4) is 5.88 Å². The molecule has 0 spiro atoms. The van der Waals surface area contributed by atoms with E-state index in [1.54, 1.807) is 0 Å². The van der Waals surface area contributed by atoms with Crippen LogP contribution in [0, 0.1) is 0 Å². The molecule has 0 saturated heterocycles. The van der Waals surface area contributed by atoms with E-state index >= 15 is 0 Å². The van der Waals surface area contributed by atoms with E-state index in [1.165, 1.54) is 6.21 Å². The molecule has 0 unspecified atom stereocenters. The Morgan fingerprint density at radius 1 is 1.21 bits per heavy atom. The first-order valence-corrected chi connectivity index (χ1v) is 5.71. The number of benzene rings is 1. The molecule has 6 nitrogen and oxygen atoms in total. The molecule has 0 saturated carbocycles. The maximum Gasteiger partial charge on any atom is 0.328 e. The molecule has 0 amide bonds. The van der Waals surface area contributed by atoms with Gasteiger partial charge in [-0.1, -0.05) is 30.3 Å². The van der Waals surface area contributed by atoms with E-state index in [9.17, 15) is 14.7 Å². The van der Waals surface area contributed by atoms with E-state index in [0.717, 1.165) is 5.56 Å². The zero-order chi connectivity index (χ0) is 13.8. The van der Waals surface area contributed by atoms with Gasteiger partial charge in [-0.05, 0) is 12.5 Å². The van der Waals surface area contributed by atoms with Gasteiger partial charge in [0.15, 0.2) is 0 Å². The predicted octanol–water partition coefficient (Wildman–Crippen LogP) is 0.949. The maximum atomic E-state index is 11.5. The Hall–Kier alpha value is -2.63. The number of aromatic amines is 2. The molecule has 2 aromatic rings. The maximum absolute atomic E-state index is 11.5. The third-order valence-electron chi connectivity index (χ3n) is 2.67. The van der Waals surface area contributed by atoms with Crippen LogP contribution in [0.2, 0.25) is 0 Å². The van der Waals surface area contributed by atoms with Crippen LogP contribution in [-0.2, 0) is 0 Å². The van der Waals surface area contributed by atoms with E-state index in [-0.39, 0.29) is 11.6 Å². The third-order valence-corrected chi connectivity index (χ3v) is 2.67. The normalized spacial score (nSPS) is 12.7. The minimum atomic E-state index is -0.754. The number of hydrogen-bond acceptors (Lipinski definition) is 4. The van der Waals surface area contributed by atoms with E-state index in [2.05, 4.69) is 9.98 Å². The molecule has 1 heterocycles. The van der Waals surface area contributed by atoms with Gasteiger partial charge in [-0.2, -0.15) is 0 Å². The van der Waals surface area contributed by atoms with Crippen LogP contribution in [-0.4, -0.2) is 21.3 Å². The second-order valence-electron chi connectivity index (χ2n) is 4.04. The predicted molar refractivity (Wildman–Crippen MR) is 71.8 cm³/mol. The fraction of sp³-hybridized carbons (Fsp3) is 0.154. The van der Waals surface area contributed by atoms with Crippen molar-refractivity contribution in [2.75, 3.05) is 0 Å². The Morgan fingerprint density at radius 3 is 2.53 bits per heavy atom. The van der Waals surface area contributed by atoms with Gasteiger partial charge in [-0.25, -0.2) is 4.79 Å². The summed E-state index contributed by atoms with van der Waals surface area (Å²) < 4.78 is 0. The summed E-state index contributed by atoms with van der Waals surface area (Å²) in [5.74, 6) is -0.488. The van der Waals surface area contributed by atoms with Crippen LogP contribution in [0.15, 0.2) is 44.9 Å². The summed E-state index contributed by atoms with van der Waals surface area (Å²) in [6.07, 6.45) is 1.25. The van der Waals surface area contributed by atoms with Gasteiger partial charge in [0, 0.05) is 6.21 Å². The molecule has 2 rings (SSSR count). The lowest BCUT2D eigenvalue weighted by Crippen LogP contribution is -2.24. The number of nitrogens with zero attached hydrogens (tertiary/aromatic N) is 1. The topological polar surface area (TPSA) is 98.3 Å². The highest BCUT2D eigenvalue weighted by Crippen LogP contribution is 2.15. The summed E-state index contributed by atoms with van der Waals surface area (Å²) in [6, 6.07) is 9.36. The van der Waals surface area contributed by atoms with Crippen molar-refractivity contribution in [3.05, 3.63) is 62.3 Å². The molecule has 0 radical (unpaired) electrons. The molecule has 0 fully saturated rings. The van der Waals surface area contributed by atoms with Gasteiger partial charge in [0.1, 0.15) is 5.56 Å². The van der Waals surface area contributed by atoms with Crippen LogP contribution in [0.1, 0.15) is 24.1 Å². The number of aromatic nitrogens is 2. The zero-order valence-electron chi connectivity index (χ0n) is 10.3. The van der Waals surface area contributed by atoms with E-state index in [1.807, 2.05) is 42.2 Å². The van der Waals surface area contributed by atoms with Crippen molar-refractivity contribution < 1.29 is 5.11 Å². The first-order chi connectivity index (χ1) is 9.08. The number of H-pyrrole nitrogens is 2.